The van der Waals surface area contributed by atoms with E-state index >= 15 is 0 Å². The van der Waals surface area contributed by atoms with E-state index in [4.69, 9.17) is 11.6 Å². The van der Waals surface area contributed by atoms with E-state index in [1.54, 1.807) is 23.0 Å². The highest BCUT2D eigenvalue weighted by Crippen LogP contribution is 2.28. The maximum absolute atomic E-state index is 13.5. The van der Waals surface area contributed by atoms with E-state index in [-0.39, 0.29) is 17.6 Å². The monoisotopic (exact) mass is 489 g/mol. The number of fused-ring (bicyclic) bond motifs is 1. The molecule has 1 aliphatic rings. The van der Waals surface area contributed by atoms with Crippen molar-refractivity contribution in [3.05, 3.63) is 87.3 Å². The molecule has 5 rings (SSSR count). The Labute approximate surface area is 208 Å². The number of aryl methyl sites for hydroxylation is 2. The van der Waals surface area contributed by atoms with Gasteiger partial charge in [0.2, 0.25) is 0 Å². The predicted octanol–water partition coefficient (Wildman–Crippen LogP) is 4.84. The number of pyridine rings is 2. The number of rotatable bonds is 5. The third-order valence-electron chi connectivity index (χ3n) is 6.91. The minimum absolute atomic E-state index is 0.0452. The first-order chi connectivity index (χ1) is 16.9. The highest BCUT2D eigenvalue weighted by Gasteiger charge is 2.25. The van der Waals surface area contributed by atoms with Gasteiger partial charge < -0.3 is 5.32 Å². The Balaban J connectivity index is 1.30. The fourth-order valence-electron chi connectivity index (χ4n) is 4.97. The lowest BCUT2D eigenvalue weighted by atomic mass is 9.85. The molecule has 0 atom stereocenters. The van der Waals surface area contributed by atoms with Crippen molar-refractivity contribution in [1.29, 1.82) is 0 Å². The summed E-state index contributed by atoms with van der Waals surface area (Å²) >= 11 is 6.03. The van der Waals surface area contributed by atoms with Crippen LogP contribution >= 0.6 is 11.6 Å². The summed E-state index contributed by atoms with van der Waals surface area (Å²) in [6.07, 6.45) is 6.93. The Morgan fingerprint density at radius 3 is 2.49 bits per heavy atom. The summed E-state index contributed by atoms with van der Waals surface area (Å²) in [4.78, 5) is 34.8. The third-order valence-corrected chi connectivity index (χ3v) is 7.12. The van der Waals surface area contributed by atoms with Gasteiger partial charge in [0, 0.05) is 24.5 Å². The molecule has 1 saturated carbocycles. The van der Waals surface area contributed by atoms with Crippen LogP contribution in [0.15, 0.2) is 59.7 Å². The minimum atomic E-state index is -0.132. The number of carbonyl (C=O) groups is 1. The molecule has 1 N–H and O–H groups in total. The number of nitrogens with one attached hydrogen (secondary N) is 1. The number of nitrogens with zero attached hydrogens (tertiary/aromatic N) is 4. The zero-order valence-electron chi connectivity index (χ0n) is 19.9. The normalized spacial score (nSPS) is 18.0. The number of carbonyl (C=O) groups excluding carboxylic acids is 1. The van der Waals surface area contributed by atoms with Gasteiger partial charge in [-0.25, -0.2) is 4.79 Å². The van der Waals surface area contributed by atoms with E-state index in [1.807, 2.05) is 54.8 Å². The van der Waals surface area contributed by atoms with Crippen LogP contribution in [0.3, 0.4) is 0 Å². The number of aromatic nitrogens is 4. The number of hydrogen-bond donors (Lipinski definition) is 1. The molecule has 0 radical (unpaired) electrons. The Kier molecular flexibility index (Phi) is 6.43. The van der Waals surface area contributed by atoms with Gasteiger partial charge >= 0.3 is 5.69 Å². The van der Waals surface area contributed by atoms with Crippen LogP contribution in [0.5, 0.6) is 0 Å². The molecule has 3 heterocycles. The molecular weight excluding hydrogens is 462 g/mol. The molecule has 35 heavy (non-hydrogen) atoms. The molecule has 1 aliphatic carbocycles. The van der Waals surface area contributed by atoms with Gasteiger partial charge in [0.05, 0.1) is 39.2 Å². The Hall–Kier alpha value is -3.45. The lowest BCUT2D eigenvalue weighted by Gasteiger charge is -2.29. The van der Waals surface area contributed by atoms with Gasteiger partial charge in [-0.05, 0) is 75.8 Å². The van der Waals surface area contributed by atoms with Gasteiger partial charge in [-0.1, -0.05) is 23.7 Å². The summed E-state index contributed by atoms with van der Waals surface area (Å²) in [5, 5.41) is 3.60. The van der Waals surface area contributed by atoms with E-state index in [0.29, 0.717) is 28.7 Å². The largest absolute Gasteiger partial charge is 0.349 e. The van der Waals surface area contributed by atoms with Crippen molar-refractivity contribution >= 4 is 28.5 Å². The second-order valence-electron chi connectivity index (χ2n) is 9.35. The van der Waals surface area contributed by atoms with Crippen LogP contribution in [0.2, 0.25) is 5.02 Å². The summed E-state index contributed by atoms with van der Waals surface area (Å²) in [6.45, 7) is 4.40. The zero-order valence-corrected chi connectivity index (χ0v) is 20.6. The first-order valence-electron chi connectivity index (χ1n) is 12.0. The van der Waals surface area contributed by atoms with Crippen molar-refractivity contribution < 1.29 is 4.79 Å². The topological polar surface area (TPSA) is 81.8 Å². The molecule has 8 heteroatoms. The van der Waals surface area contributed by atoms with Gasteiger partial charge in [0.15, 0.2) is 0 Å². The molecule has 7 nitrogen and oxygen atoms in total. The Morgan fingerprint density at radius 2 is 1.77 bits per heavy atom. The van der Waals surface area contributed by atoms with E-state index in [1.165, 1.54) is 0 Å². The first kappa shape index (κ1) is 23.3. The number of benzene rings is 1. The fraction of sp³-hybridized carbons (Fsp3) is 0.333. The van der Waals surface area contributed by atoms with Crippen LogP contribution in [0.25, 0.3) is 16.7 Å². The highest BCUT2D eigenvalue weighted by atomic mass is 35.5. The molecule has 0 spiro atoms. The lowest BCUT2D eigenvalue weighted by Crippen LogP contribution is -2.39. The van der Waals surface area contributed by atoms with Crippen LogP contribution in [-0.2, 0) is 6.54 Å². The minimum Gasteiger partial charge on any atom is -0.349 e. The zero-order chi connectivity index (χ0) is 24.5. The molecule has 0 aliphatic heterocycles. The van der Waals surface area contributed by atoms with Crippen LogP contribution in [-0.4, -0.2) is 31.1 Å². The predicted molar refractivity (Wildman–Crippen MR) is 137 cm³/mol. The third kappa shape index (κ3) is 4.73. The Bertz CT molecular complexity index is 1430. The average molecular weight is 490 g/mol. The average Bonchev–Trinajstić information content (AvgIpc) is 3.13. The Morgan fingerprint density at radius 1 is 1.03 bits per heavy atom. The molecule has 0 saturated heterocycles. The van der Waals surface area contributed by atoms with Crippen molar-refractivity contribution in [1.82, 2.24) is 24.4 Å². The van der Waals surface area contributed by atoms with Gasteiger partial charge in [0.1, 0.15) is 0 Å². The van der Waals surface area contributed by atoms with Crippen LogP contribution < -0.4 is 11.0 Å². The van der Waals surface area contributed by atoms with Crippen molar-refractivity contribution in [3.63, 3.8) is 0 Å². The molecule has 1 fully saturated rings. The summed E-state index contributed by atoms with van der Waals surface area (Å²) in [6, 6.07) is 13.5. The van der Waals surface area contributed by atoms with Gasteiger partial charge in [-0.15, -0.1) is 0 Å². The van der Waals surface area contributed by atoms with Crippen molar-refractivity contribution in [2.75, 3.05) is 0 Å². The summed E-state index contributed by atoms with van der Waals surface area (Å²) in [5.41, 5.74) is 4.64. The number of para-hydroxylation sites is 2. The first-order valence-corrected chi connectivity index (χ1v) is 12.3. The lowest BCUT2D eigenvalue weighted by molar-refractivity contribution is 0.0919. The number of halogens is 1. The fourth-order valence-corrected chi connectivity index (χ4v) is 5.13. The molecule has 1 amide bonds. The SMILES string of the molecule is Cc1ccc(-n2c(=O)n(C[C@H]3CC[C@H](NC(=O)c4cc(Cl)cnc4C)CC3)c3ccccc32)cn1. The van der Waals surface area contributed by atoms with E-state index in [2.05, 4.69) is 15.3 Å². The molecule has 3 aromatic heterocycles. The van der Waals surface area contributed by atoms with Crippen LogP contribution in [0.1, 0.15) is 47.4 Å². The van der Waals surface area contributed by atoms with Crippen LogP contribution in [0.4, 0.5) is 0 Å². The van der Waals surface area contributed by atoms with Gasteiger partial charge in [-0.2, -0.15) is 0 Å². The standard InChI is InChI=1S/C27H28ClN5O2/c1-17-7-12-22(15-29-17)33-25-6-4-3-5-24(25)32(27(33)35)16-19-8-10-21(11-9-19)31-26(34)23-13-20(28)14-30-18(23)2/h3-7,12-15,19,21H,8-11,16H2,1-2H3,(H,31,34)/t19-,21-. The van der Waals surface area contributed by atoms with Crippen molar-refractivity contribution in [2.45, 2.75) is 52.1 Å². The maximum atomic E-state index is 13.5. The molecule has 1 aromatic carbocycles. The maximum Gasteiger partial charge on any atom is 0.333 e. The summed E-state index contributed by atoms with van der Waals surface area (Å²) < 4.78 is 3.63. The molecular formula is C27H28ClN5O2. The van der Waals surface area contributed by atoms with Gasteiger partial charge in [-0.3, -0.25) is 23.9 Å². The van der Waals surface area contributed by atoms with Crippen molar-refractivity contribution in [3.8, 4) is 5.69 Å². The van der Waals surface area contributed by atoms with E-state index < -0.39 is 0 Å². The molecule has 180 valence electrons. The summed E-state index contributed by atoms with van der Waals surface area (Å²) in [5.74, 6) is 0.234. The summed E-state index contributed by atoms with van der Waals surface area (Å²) in [7, 11) is 0. The molecule has 0 bridgehead atoms. The quantitative estimate of drug-likeness (QED) is 0.435. The van der Waals surface area contributed by atoms with Crippen molar-refractivity contribution in [2.24, 2.45) is 5.92 Å². The van der Waals surface area contributed by atoms with E-state index in [0.717, 1.165) is 48.1 Å². The molecule has 4 aromatic rings. The molecule has 0 unspecified atom stereocenters. The van der Waals surface area contributed by atoms with Crippen LogP contribution in [0, 0.1) is 19.8 Å². The number of amides is 1. The number of imidazole rings is 1. The second kappa shape index (κ2) is 9.66. The van der Waals surface area contributed by atoms with E-state index in [9.17, 15) is 9.59 Å². The smallest absolute Gasteiger partial charge is 0.333 e. The van der Waals surface area contributed by atoms with Gasteiger partial charge in [0.25, 0.3) is 5.91 Å². The highest BCUT2D eigenvalue weighted by molar-refractivity contribution is 6.30. The second-order valence-corrected chi connectivity index (χ2v) is 9.79. The number of hydrogen-bond acceptors (Lipinski definition) is 4.